The fourth-order valence-corrected chi connectivity index (χ4v) is 4.69. The van der Waals surface area contributed by atoms with Crippen molar-refractivity contribution in [3.05, 3.63) is 75.9 Å². The molecule has 6 nitrogen and oxygen atoms in total. The number of thiophene rings is 1. The third-order valence-corrected chi connectivity index (χ3v) is 6.59. The maximum absolute atomic E-state index is 13.4. The zero-order valence-corrected chi connectivity index (χ0v) is 19.5. The second kappa shape index (κ2) is 9.68. The minimum Gasteiger partial charge on any atom is -0.497 e. The van der Waals surface area contributed by atoms with Gasteiger partial charge in [-0.2, -0.15) is 0 Å². The predicted molar refractivity (Wildman–Crippen MR) is 131 cm³/mol. The van der Waals surface area contributed by atoms with Crippen LogP contribution in [-0.2, 0) is 16.1 Å². The van der Waals surface area contributed by atoms with Crippen LogP contribution in [0.5, 0.6) is 5.75 Å². The number of halogens is 1. The Morgan fingerprint density at radius 2 is 1.88 bits per heavy atom. The quantitative estimate of drug-likeness (QED) is 0.480. The van der Waals surface area contributed by atoms with Crippen LogP contribution in [0.2, 0.25) is 5.02 Å². The summed E-state index contributed by atoms with van der Waals surface area (Å²) in [4.78, 5) is 30.5. The van der Waals surface area contributed by atoms with Crippen molar-refractivity contribution in [2.75, 3.05) is 17.3 Å². The van der Waals surface area contributed by atoms with Crippen molar-refractivity contribution in [3.63, 3.8) is 0 Å². The lowest BCUT2D eigenvalue weighted by Gasteiger charge is -2.23. The van der Waals surface area contributed by atoms with Gasteiger partial charge in [0.2, 0.25) is 5.91 Å². The van der Waals surface area contributed by atoms with E-state index in [4.69, 9.17) is 28.6 Å². The Morgan fingerprint density at radius 1 is 1.16 bits per heavy atom. The number of carbonyl (C=O) groups excluding carboxylic acids is 2. The number of rotatable bonds is 7. The van der Waals surface area contributed by atoms with Gasteiger partial charge in [0.05, 0.1) is 25.8 Å². The van der Waals surface area contributed by atoms with Gasteiger partial charge in [-0.25, -0.2) is 0 Å². The minimum absolute atomic E-state index is 0.0273. The van der Waals surface area contributed by atoms with Crippen molar-refractivity contribution in [1.82, 2.24) is 4.90 Å². The van der Waals surface area contributed by atoms with Gasteiger partial charge >= 0.3 is 0 Å². The summed E-state index contributed by atoms with van der Waals surface area (Å²) in [7, 11) is 1.58. The number of amides is 2. The average Bonchev–Trinajstić information content (AvgIpc) is 3.38. The molecule has 1 aromatic heterocycles. The van der Waals surface area contributed by atoms with Gasteiger partial charge in [-0.1, -0.05) is 17.7 Å². The zero-order valence-electron chi connectivity index (χ0n) is 17.2. The number of carbonyl (C=O) groups is 2. The maximum atomic E-state index is 13.4. The summed E-state index contributed by atoms with van der Waals surface area (Å²) in [6, 6.07) is 17.2. The van der Waals surface area contributed by atoms with E-state index < -0.39 is 6.04 Å². The van der Waals surface area contributed by atoms with E-state index in [2.05, 4.69) is 5.32 Å². The van der Waals surface area contributed by atoms with Gasteiger partial charge in [-0.05, 0) is 72.2 Å². The molecular weight excluding hydrogens is 466 g/mol. The lowest BCUT2D eigenvalue weighted by atomic mass is 10.1. The standard InChI is InChI=1S/C23H20ClN3O3S2/c1-30-18-10-6-16(7-11-18)25-21(28)13-20-22(29)27(17-8-4-15(24)5-9-17)23(31)26(20)14-19-3-2-12-32-19/h2-12,20H,13-14H2,1H3,(H,25,28)/t20-/m1/s1. The molecule has 1 N–H and O–H groups in total. The molecule has 1 saturated heterocycles. The van der Waals surface area contributed by atoms with Gasteiger partial charge in [-0.3, -0.25) is 14.5 Å². The number of benzene rings is 2. The van der Waals surface area contributed by atoms with Gasteiger partial charge < -0.3 is 15.0 Å². The van der Waals surface area contributed by atoms with Gasteiger partial charge in [0.25, 0.3) is 5.91 Å². The van der Waals surface area contributed by atoms with Crippen molar-refractivity contribution >= 4 is 63.5 Å². The SMILES string of the molecule is COc1ccc(NC(=O)C[C@@H]2C(=O)N(c3ccc(Cl)cc3)C(=S)N2Cc2cccs2)cc1. The molecule has 1 aliphatic heterocycles. The molecule has 1 aliphatic rings. The van der Waals surface area contributed by atoms with Gasteiger partial charge in [0.1, 0.15) is 11.8 Å². The normalized spacial score (nSPS) is 15.9. The second-order valence-electron chi connectivity index (χ2n) is 7.14. The highest BCUT2D eigenvalue weighted by Crippen LogP contribution is 2.30. The number of hydrogen-bond acceptors (Lipinski definition) is 5. The zero-order chi connectivity index (χ0) is 22.7. The van der Waals surface area contributed by atoms with Crippen LogP contribution in [0.25, 0.3) is 0 Å². The fraction of sp³-hybridized carbons (Fsp3) is 0.174. The summed E-state index contributed by atoms with van der Waals surface area (Å²) in [5, 5.41) is 5.75. The Kier molecular flexibility index (Phi) is 6.74. The summed E-state index contributed by atoms with van der Waals surface area (Å²) in [6.45, 7) is 0.451. The van der Waals surface area contributed by atoms with Crippen molar-refractivity contribution in [2.45, 2.75) is 19.0 Å². The van der Waals surface area contributed by atoms with E-state index in [-0.39, 0.29) is 18.2 Å². The highest BCUT2D eigenvalue weighted by Gasteiger charge is 2.44. The molecule has 164 valence electrons. The number of thiocarbonyl (C=S) groups is 1. The topological polar surface area (TPSA) is 61.9 Å². The molecule has 32 heavy (non-hydrogen) atoms. The number of nitrogens with zero attached hydrogens (tertiary/aromatic N) is 2. The van der Waals surface area contributed by atoms with Crippen LogP contribution < -0.4 is 15.0 Å². The van der Waals surface area contributed by atoms with Gasteiger partial charge in [-0.15, -0.1) is 11.3 Å². The third kappa shape index (κ3) is 4.77. The molecule has 0 spiro atoms. The number of ether oxygens (including phenoxy) is 1. The first kappa shape index (κ1) is 22.3. The highest BCUT2D eigenvalue weighted by atomic mass is 35.5. The summed E-state index contributed by atoms with van der Waals surface area (Å²) >= 11 is 13.3. The Balaban J connectivity index is 1.56. The molecule has 9 heteroatoms. The van der Waals surface area contributed by atoms with Crippen LogP contribution in [0.3, 0.4) is 0 Å². The molecule has 2 heterocycles. The lowest BCUT2D eigenvalue weighted by Crippen LogP contribution is -2.37. The summed E-state index contributed by atoms with van der Waals surface area (Å²) in [6.07, 6.45) is -0.0273. The van der Waals surface area contributed by atoms with Crippen molar-refractivity contribution in [3.8, 4) is 5.75 Å². The predicted octanol–water partition coefficient (Wildman–Crippen LogP) is 4.94. The second-order valence-corrected chi connectivity index (χ2v) is 8.97. The van der Waals surface area contributed by atoms with Crippen LogP contribution in [0.4, 0.5) is 11.4 Å². The number of nitrogens with one attached hydrogen (secondary N) is 1. The summed E-state index contributed by atoms with van der Waals surface area (Å²) in [5.41, 5.74) is 1.25. The largest absolute Gasteiger partial charge is 0.497 e. The monoisotopic (exact) mass is 485 g/mol. The van der Waals surface area contributed by atoms with E-state index in [0.717, 1.165) is 4.88 Å². The smallest absolute Gasteiger partial charge is 0.256 e. The molecular formula is C23H20ClN3O3S2. The lowest BCUT2D eigenvalue weighted by molar-refractivity contribution is -0.124. The van der Waals surface area contributed by atoms with Crippen LogP contribution in [0, 0.1) is 0 Å². The Bertz CT molecular complexity index is 1120. The first-order valence-corrected chi connectivity index (χ1v) is 11.5. The molecule has 4 rings (SSSR count). The van der Waals surface area contributed by atoms with Crippen LogP contribution in [0.1, 0.15) is 11.3 Å². The summed E-state index contributed by atoms with van der Waals surface area (Å²) < 4.78 is 5.14. The summed E-state index contributed by atoms with van der Waals surface area (Å²) in [5.74, 6) is 0.184. The molecule has 0 unspecified atom stereocenters. The molecule has 0 saturated carbocycles. The molecule has 2 aromatic carbocycles. The highest BCUT2D eigenvalue weighted by molar-refractivity contribution is 7.80. The van der Waals surface area contributed by atoms with Crippen LogP contribution in [0.15, 0.2) is 66.0 Å². The van der Waals surface area contributed by atoms with Crippen LogP contribution >= 0.6 is 35.2 Å². The van der Waals surface area contributed by atoms with E-state index in [0.29, 0.717) is 33.8 Å². The van der Waals surface area contributed by atoms with E-state index in [1.165, 1.54) is 4.90 Å². The van der Waals surface area contributed by atoms with Gasteiger partial charge in [0, 0.05) is 15.6 Å². The number of anilines is 2. The molecule has 0 bridgehead atoms. The Morgan fingerprint density at radius 3 is 2.50 bits per heavy atom. The van der Waals surface area contributed by atoms with Crippen molar-refractivity contribution < 1.29 is 14.3 Å². The van der Waals surface area contributed by atoms with E-state index in [1.807, 2.05) is 22.4 Å². The maximum Gasteiger partial charge on any atom is 0.256 e. The number of methoxy groups -OCH3 is 1. The van der Waals surface area contributed by atoms with Crippen LogP contribution in [-0.4, -0.2) is 35.0 Å². The Labute approximate surface area is 200 Å². The van der Waals surface area contributed by atoms with Gasteiger partial charge in [0.15, 0.2) is 5.11 Å². The van der Waals surface area contributed by atoms with E-state index in [1.54, 1.807) is 67.0 Å². The van der Waals surface area contributed by atoms with Crippen molar-refractivity contribution in [1.29, 1.82) is 0 Å². The molecule has 3 aromatic rings. The number of hydrogen-bond donors (Lipinski definition) is 1. The first-order valence-electron chi connectivity index (χ1n) is 9.82. The Hall–Kier alpha value is -2.94. The molecule has 1 fully saturated rings. The molecule has 1 atom stereocenters. The first-order chi connectivity index (χ1) is 15.5. The molecule has 0 aliphatic carbocycles. The van der Waals surface area contributed by atoms with E-state index in [9.17, 15) is 9.59 Å². The van der Waals surface area contributed by atoms with E-state index >= 15 is 0 Å². The third-order valence-electron chi connectivity index (χ3n) is 5.06. The fourth-order valence-electron chi connectivity index (χ4n) is 3.47. The molecule has 2 amide bonds. The average molecular weight is 486 g/mol. The molecule has 0 radical (unpaired) electrons. The van der Waals surface area contributed by atoms with Crippen molar-refractivity contribution in [2.24, 2.45) is 0 Å². The minimum atomic E-state index is -0.710.